The molecule has 1 atom stereocenters. The highest BCUT2D eigenvalue weighted by Crippen LogP contribution is 2.23. The molecule has 6 nitrogen and oxygen atoms in total. The van der Waals surface area contributed by atoms with Gasteiger partial charge >= 0.3 is 6.09 Å². The molecule has 0 spiro atoms. The molecule has 7 heteroatoms. The highest BCUT2D eigenvalue weighted by Gasteiger charge is 2.26. The Morgan fingerprint density at radius 3 is 2.68 bits per heavy atom. The average molecular weight is 368 g/mol. The number of carbonyl (C=O) groups is 1. The molecule has 2 N–H and O–H groups in total. The predicted molar refractivity (Wildman–Crippen MR) is 96.7 cm³/mol. The summed E-state index contributed by atoms with van der Waals surface area (Å²) < 4.78 is 28.5. The molecule has 25 heavy (non-hydrogen) atoms. The minimum absolute atomic E-state index is 0.127. The third-order valence-corrected chi connectivity index (χ3v) is 5.08. The molecule has 140 valence electrons. The quantitative estimate of drug-likeness (QED) is 0.888. The molecule has 0 aliphatic carbocycles. The van der Waals surface area contributed by atoms with Crippen LogP contribution in [0.2, 0.25) is 0 Å². The topological polar surface area (TPSA) is 89.7 Å². The number of amides is 1. The molecule has 1 fully saturated rings. The highest BCUT2D eigenvalue weighted by molar-refractivity contribution is 7.89. The van der Waals surface area contributed by atoms with Crippen molar-refractivity contribution in [1.29, 1.82) is 0 Å². The number of likely N-dealkylation sites (tertiary alicyclic amines) is 1. The summed E-state index contributed by atoms with van der Waals surface area (Å²) in [5, 5.41) is 5.21. The van der Waals surface area contributed by atoms with Crippen LogP contribution >= 0.6 is 0 Å². The third kappa shape index (κ3) is 6.32. The van der Waals surface area contributed by atoms with Crippen LogP contribution in [0.5, 0.6) is 0 Å². The van der Waals surface area contributed by atoms with E-state index in [1.54, 1.807) is 17.0 Å². The number of carbonyl (C=O) groups excluding carboxylic acids is 1. The fourth-order valence-corrected chi connectivity index (χ4v) is 3.66. The van der Waals surface area contributed by atoms with Crippen LogP contribution in [0.3, 0.4) is 0 Å². The van der Waals surface area contributed by atoms with Gasteiger partial charge in [-0.3, -0.25) is 0 Å². The summed E-state index contributed by atoms with van der Waals surface area (Å²) in [4.78, 5) is 14.3. The fourth-order valence-electron chi connectivity index (χ4n) is 3.07. The summed E-state index contributed by atoms with van der Waals surface area (Å²) in [5.41, 5.74) is 0.408. The van der Waals surface area contributed by atoms with Gasteiger partial charge in [-0.2, -0.15) is 0 Å². The van der Waals surface area contributed by atoms with Gasteiger partial charge in [0.15, 0.2) is 0 Å². The lowest BCUT2D eigenvalue weighted by Crippen LogP contribution is -2.39. The zero-order chi connectivity index (χ0) is 18.7. The van der Waals surface area contributed by atoms with E-state index in [1.807, 2.05) is 26.8 Å². The Balaban J connectivity index is 2.07. The lowest BCUT2D eigenvalue weighted by atomic mass is 9.95. The van der Waals surface area contributed by atoms with Crippen molar-refractivity contribution in [3.8, 4) is 0 Å². The van der Waals surface area contributed by atoms with E-state index in [9.17, 15) is 13.2 Å². The van der Waals surface area contributed by atoms with E-state index in [2.05, 4.69) is 0 Å². The van der Waals surface area contributed by atoms with Gasteiger partial charge in [0.1, 0.15) is 5.60 Å². The maximum absolute atomic E-state index is 12.4. The number of hydrogen-bond acceptors (Lipinski definition) is 4. The SMILES string of the molecule is CC(C)(C)OC(=O)N1CCCCC(Cc2cccc(S(N)(=O)=O)c2)C1. The summed E-state index contributed by atoms with van der Waals surface area (Å²) >= 11 is 0. The largest absolute Gasteiger partial charge is 0.444 e. The summed E-state index contributed by atoms with van der Waals surface area (Å²) in [6, 6.07) is 6.73. The minimum atomic E-state index is -3.70. The van der Waals surface area contributed by atoms with E-state index in [0.29, 0.717) is 19.5 Å². The smallest absolute Gasteiger partial charge is 0.410 e. The molecule has 1 aliphatic rings. The molecule has 2 rings (SSSR count). The second-order valence-electron chi connectivity index (χ2n) is 7.68. The van der Waals surface area contributed by atoms with Crippen LogP contribution in [0.25, 0.3) is 0 Å². The number of benzene rings is 1. The van der Waals surface area contributed by atoms with Crippen LogP contribution in [-0.4, -0.2) is 38.1 Å². The van der Waals surface area contributed by atoms with E-state index in [0.717, 1.165) is 24.8 Å². The third-order valence-electron chi connectivity index (χ3n) is 4.17. The second kappa shape index (κ2) is 7.74. The van der Waals surface area contributed by atoms with Gasteiger partial charge in [0, 0.05) is 13.1 Å². The first-order chi connectivity index (χ1) is 11.5. The molecule has 1 amide bonds. The molecule has 1 unspecified atom stereocenters. The van der Waals surface area contributed by atoms with Gasteiger partial charge in [-0.15, -0.1) is 0 Å². The molecular weight excluding hydrogens is 340 g/mol. The Morgan fingerprint density at radius 1 is 1.32 bits per heavy atom. The first kappa shape index (κ1) is 19.7. The standard InChI is InChI=1S/C18H28N2O4S/c1-18(2,3)24-17(21)20-10-5-4-7-15(13-20)11-14-8-6-9-16(12-14)25(19,22)23/h6,8-9,12,15H,4-5,7,10-11,13H2,1-3H3,(H2,19,22,23). The fraction of sp³-hybridized carbons (Fsp3) is 0.611. The molecule has 1 saturated heterocycles. The first-order valence-corrected chi connectivity index (χ1v) is 10.2. The molecule has 0 saturated carbocycles. The van der Waals surface area contributed by atoms with Crippen molar-refractivity contribution in [2.75, 3.05) is 13.1 Å². The van der Waals surface area contributed by atoms with Crippen LogP contribution in [0, 0.1) is 5.92 Å². The van der Waals surface area contributed by atoms with Gasteiger partial charge in [-0.05, 0) is 63.6 Å². The Morgan fingerprint density at radius 2 is 2.04 bits per heavy atom. The zero-order valence-corrected chi connectivity index (χ0v) is 16.0. The van der Waals surface area contributed by atoms with Crippen LogP contribution < -0.4 is 5.14 Å². The Hall–Kier alpha value is -1.60. The number of primary sulfonamides is 1. The summed E-state index contributed by atoms with van der Waals surface area (Å²) in [5.74, 6) is 0.269. The van der Waals surface area contributed by atoms with E-state index in [-0.39, 0.29) is 16.9 Å². The molecule has 1 aliphatic heterocycles. The average Bonchev–Trinajstić information content (AvgIpc) is 2.70. The number of ether oxygens (including phenoxy) is 1. The van der Waals surface area contributed by atoms with Gasteiger partial charge in [0.05, 0.1) is 4.90 Å². The van der Waals surface area contributed by atoms with Gasteiger partial charge in [-0.25, -0.2) is 18.4 Å². The van der Waals surface area contributed by atoms with E-state index in [4.69, 9.17) is 9.88 Å². The van der Waals surface area contributed by atoms with Crippen LogP contribution in [0.4, 0.5) is 4.79 Å². The van der Waals surface area contributed by atoms with Crippen molar-refractivity contribution < 1.29 is 17.9 Å². The summed E-state index contributed by atoms with van der Waals surface area (Å²) in [6.07, 6.45) is 3.42. The summed E-state index contributed by atoms with van der Waals surface area (Å²) in [6.45, 7) is 6.90. The molecule has 0 bridgehead atoms. The molecule has 0 radical (unpaired) electrons. The van der Waals surface area contributed by atoms with Gasteiger partial charge in [-0.1, -0.05) is 18.6 Å². The Bertz CT molecular complexity index is 710. The van der Waals surface area contributed by atoms with E-state index in [1.165, 1.54) is 6.07 Å². The lowest BCUT2D eigenvalue weighted by Gasteiger charge is -2.28. The van der Waals surface area contributed by atoms with Gasteiger partial charge in [0.25, 0.3) is 0 Å². The second-order valence-corrected chi connectivity index (χ2v) is 9.25. The molecule has 1 aromatic rings. The lowest BCUT2D eigenvalue weighted by molar-refractivity contribution is 0.0234. The highest BCUT2D eigenvalue weighted by atomic mass is 32.2. The molecule has 0 aromatic heterocycles. The first-order valence-electron chi connectivity index (χ1n) is 8.64. The van der Waals surface area contributed by atoms with Crippen molar-refractivity contribution in [2.24, 2.45) is 11.1 Å². The summed E-state index contributed by atoms with van der Waals surface area (Å²) in [7, 11) is -3.70. The molecule has 1 aromatic carbocycles. The number of sulfonamides is 1. The van der Waals surface area contributed by atoms with Crippen LogP contribution in [0.15, 0.2) is 29.2 Å². The van der Waals surface area contributed by atoms with Crippen LogP contribution in [-0.2, 0) is 21.2 Å². The molecular formula is C18H28N2O4S. The number of nitrogens with zero attached hydrogens (tertiary/aromatic N) is 1. The van der Waals surface area contributed by atoms with E-state index >= 15 is 0 Å². The maximum atomic E-state index is 12.4. The zero-order valence-electron chi connectivity index (χ0n) is 15.2. The monoisotopic (exact) mass is 368 g/mol. The molecule has 1 heterocycles. The number of nitrogens with two attached hydrogens (primary N) is 1. The van der Waals surface area contributed by atoms with Crippen molar-refractivity contribution >= 4 is 16.1 Å². The van der Waals surface area contributed by atoms with Crippen LogP contribution in [0.1, 0.15) is 45.6 Å². The Labute approximate surface area is 150 Å². The van der Waals surface area contributed by atoms with Crippen molar-refractivity contribution in [3.63, 3.8) is 0 Å². The van der Waals surface area contributed by atoms with Crippen molar-refractivity contribution in [1.82, 2.24) is 4.90 Å². The van der Waals surface area contributed by atoms with Crippen molar-refractivity contribution in [3.05, 3.63) is 29.8 Å². The van der Waals surface area contributed by atoms with Gasteiger partial charge < -0.3 is 9.64 Å². The Kier molecular flexibility index (Phi) is 6.11. The maximum Gasteiger partial charge on any atom is 0.410 e. The van der Waals surface area contributed by atoms with E-state index < -0.39 is 15.6 Å². The minimum Gasteiger partial charge on any atom is -0.444 e. The number of rotatable bonds is 3. The van der Waals surface area contributed by atoms with Crippen molar-refractivity contribution in [2.45, 2.75) is 57.0 Å². The predicted octanol–water partition coefficient (Wildman–Crippen LogP) is 2.91. The van der Waals surface area contributed by atoms with Gasteiger partial charge in [0.2, 0.25) is 10.0 Å². The normalized spacial score (nSPS) is 19.4. The number of hydrogen-bond donors (Lipinski definition) is 1.